The summed E-state index contributed by atoms with van der Waals surface area (Å²) in [4.78, 5) is 15.1. The number of nitrogens with zero attached hydrogens (tertiary/aromatic N) is 3. The number of amides is 2. The monoisotopic (exact) mass is 235 g/mol. The zero-order valence-electron chi connectivity index (χ0n) is 9.60. The molecule has 0 unspecified atom stereocenters. The standard InChI is InChI=1S/C10H13N5O2/c1-11-10(16)12-6-8-13-9(14-17-8)7-4-3-5-15(7)2/h3-5H,6H2,1-2H3,(H2,11,12,16). The number of aromatic nitrogens is 3. The fourth-order valence-corrected chi connectivity index (χ4v) is 1.37. The van der Waals surface area contributed by atoms with Gasteiger partial charge in [0.15, 0.2) is 0 Å². The third-order valence-electron chi connectivity index (χ3n) is 2.27. The molecular weight excluding hydrogens is 222 g/mol. The van der Waals surface area contributed by atoms with Crippen molar-refractivity contribution in [3.05, 3.63) is 24.2 Å². The molecule has 0 atom stereocenters. The second-order valence-corrected chi connectivity index (χ2v) is 3.45. The zero-order valence-corrected chi connectivity index (χ0v) is 9.60. The first-order valence-corrected chi connectivity index (χ1v) is 5.10. The van der Waals surface area contributed by atoms with Gasteiger partial charge in [0.25, 0.3) is 0 Å². The van der Waals surface area contributed by atoms with Crippen LogP contribution in [0.3, 0.4) is 0 Å². The van der Waals surface area contributed by atoms with Crippen molar-refractivity contribution in [3.63, 3.8) is 0 Å². The number of carbonyl (C=O) groups excluding carboxylic acids is 1. The van der Waals surface area contributed by atoms with Crippen molar-refractivity contribution in [1.82, 2.24) is 25.3 Å². The Labute approximate surface area is 97.8 Å². The molecule has 0 spiro atoms. The van der Waals surface area contributed by atoms with Crippen molar-refractivity contribution in [2.45, 2.75) is 6.54 Å². The van der Waals surface area contributed by atoms with Gasteiger partial charge < -0.3 is 19.7 Å². The van der Waals surface area contributed by atoms with Crippen LogP contribution in [-0.4, -0.2) is 27.8 Å². The van der Waals surface area contributed by atoms with E-state index in [1.165, 1.54) is 0 Å². The number of carbonyl (C=O) groups is 1. The minimum Gasteiger partial charge on any atom is -0.348 e. The van der Waals surface area contributed by atoms with Crippen molar-refractivity contribution >= 4 is 6.03 Å². The molecule has 2 aromatic rings. The summed E-state index contributed by atoms with van der Waals surface area (Å²) in [6, 6.07) is 3.50. The van der Waals surface area contributed by atoms with Gasteiger partial charge in [-0.2, -0.15) is 4.98 Å². The van der Waals surface area contributed by atoms with E-state index in [4.69, 9.17) is 4.52 Å². The molecule has 0 fully saturated rings. The van der Waals surface area contributed by atoms with Crippen molar-refractivity contribution in [2.75, 3.05) is 7.05 Å². The maximum absolute atomic E-state index is 11.0. The fourth-order valence-electron chi connectivity index (χ4n) is 1.37. The summed E-state index contributed by atoms with van der Waals surface area (Å²) in [5.74, 6) is 0.871. The molecule has 2 rings (SSSR count). The molecule has 17 heavy (non-hydrogen) atoms. The molecule has 0 saturated carbocycles. The molecule has 0 radical (unpaired) electrons. The van der Waals surface area contributed by atoms with Gasteiger partial charge in [-0.15, -0.1) is 0 Å². The second-order valence-electron chi connectivity index (χ2n) is 3.45. The average Bonchev–Trinajstić information content (AvgIpc) is 2.94. The lowest BCUT2D eigenvalue weighted by Crippen LogP contribution is -2.32. The first-order valence-electron chi connectivity index (χ1n) is 5.10. The van der Waals surface area contributed by atoms with E-state index in [2.05, 4.69) is 20.8 Å². The highest BCUT2D eigenvalue weighted by Crippen LogP contribution is 2.15. The van der Waals surface area contributed by atoms with Crippen LogP contribution in [0.2, 0.25) is 0 Å². The van der Waals surface area contributed by atoms with E-state index in [-0.39, 0.29) is 12.6 Å². The van der Waals surface area contributed by atoms with Crippen LogP contribution < -0.4 is 10.6 Å². The minimum absolute atomic E-state index is 0.205. The molecule has 0 aliphatic carbocycles. The van der Waals surface area contributed by atoms with Crippen molar-refractivity contribution in [2.24, 2.45) is 7.05 Å². The Bertz CT molecular complexity index is 516. The van der Waals surface area contributed by atoms with Crippen LogP contribution in [0.4, 0.5) is 4.79 Å². The lowest BCUT2D eigenvalue weighted by Gasteiger charge is -1.98. The molecule has 0 saturated heterocycles. The second kappa shape index (κ2) is 4.69. The third-order valence-corrected chi connectivity index (χ3v) is 2.27. The van der Waals surface area contributed by atoms with Crippen LogP contribution >= 0.6 is 0 Å². The largest absolute Gasteiger partial charge is 0.348 e. The lowest BCUT2D eigenvalue weighted by molar-refractivity contribution is 0.240. The van der Waals surface area contributed by atoms with E-state index in [9.17, 15) is 4.79 Å². The van der Waals surface area contributed by atoms with Crippen molar-refractivity contribution < 1.29 is 9.32 Å². The molecular formula is C10H13N5O2. The molecule has 7 heteroatoms. The van der Waals surface area contributed by atoms with E-state index >= 15 is 0 Å². The van der Waals surface area contributed by atoms with E-state index in [1.807, 2.05) is 29.9 Å². The number of aryl methyl sites for hydroxylation is 1. The summed E-state index contributed by atoms with van der Waals surface area (Å²) in [5, 5.41) is 8.85. The number of hydrogen-bond donors (Lipinski definition) is 2. The van der Waals surface area contributed by atoms with Crippen molar-refractivity contribution in [1.29, 1.82) is 0 Å². The molecule has 0 aromatic carbocycles. The van der Waals surface area contributed by atoms with Crippen LogP contribution in [-0.2, 0) is 13.6 Å². The molecule has 0 aliphatic heterocycles. The van der Waals surface area contributed by atoms with Crippen LogP contribution in [0.1, 0.15) is 5.89 Å². The van der Waals surface area contributed by atoms with E-state index < -0.39 is 0 Å². The third kappa shape index (κ3) is 2.44. The Morgan fingerprint density at radius 3 is 3.06 bits per heavy atom. The van der Waals surface area contributed by atoms with E-state index in [0.29, 0.717) is 11.7 Å². The number of urea groups is 1. The van der Waals surface area contributed by atoms with Gasteiger partial charge in [-0.05, 0) is 12.1 Å². The Morgan fingerprint density at radius 2 is 2.41 bits per heavy atom. The fraction of sp³-hybridized carbons (Fsp3) is 0.300. The summed E-state index contributed by atoms with van der Waals surface area (Å²) in [6.07, 6.45) is 1.90. The first kappa shape index (κ1) is 11.2. The van der Waals surface area contributed by atoms with Gasteiger partial charge in [-0.25, -0.2) is 4.79 Å². The molecule has 0 aliphatic rings. The maximum atomic E-state index is 11.0. The van der Waals surface area contributed by atoms with Crippen molar-refractivity contribution in [3.8, 4) is 11.5 Å². The van der Waals surface area contributed by atoms with Gasteiger partial charge in [0.05, 0.1) is 12.2 Å². The SMILES string of the molecule is CNC(=O)NCc1nc(-c2cccn2C)no1. The summed E-state index contributed by atoms with van der Waals surface area (Å²) in [7, 11) is 3.44. The molecule has 90 valence electrons. The van der Waals surface area contributed by atoms with Gasteiger partial charge in [0, 0.05) is 20.3 Å². The highest BCUT2D eigenvalue weighted by molar-refractivity contribution is 5.73. The molecule has 0 bridgehead atoms. The highest BCUT2D eigenvalue weighted by atomic mass is 16.5. The van der Waals surface area contributed by atoms with Crippen LogP contribution in [0.15, 0.2) is 22.9 Å². The first-order chi connectivity index (χ1) is 8.20. The smallest absolute Gasteiger partial charge is 0.314 e. The van der Waals surface area contributed by atoms with E-state index in [0.717, 1.165) is 5.69 Å². The summed E-state index contributed by atoms with van der Waals surface area (Å²) < 4.78 is 6.91. The average molecular weight is 235 g/mol. The Balaban J connectivity index is 2.06. The summed E-state index contributed by atoms with van der Waals surface area (Å²) in [6.45, 7) is 0.205. The van der Waals surface area contributed by atoms with Crippen LogP contribution in [0.25, 0.3) is 11.5 Å². The van der Waals surface area contributed by atoms with Gasteiger partial charge in [-0.3, -0.25) is 0 Å². The predicted octanol–water partition coefficient (Wildman–Crippen LogP) is 0.504. The van der Waals surface area contributed by atoms with Gasteiger partial charge >= 0.3 is 6.03 Å². The topological polar surface area (TPSA) is 85.0 Å². The zero-order chi connectivity index (χ0) is 12.3. The van der Waals surface area contributed by atoms with E-state index in [1.54, 1.807) is 7.05 Å². The maximum Gasteiger partial charge on any atom is 0.314 e. The molecule has 7 nitrogen and oxygen atoms in total. The Hall–Kier alpha value is -2.31. The molecule has 2 N–H and O–H groups in total. The molecule has 2 amide bonds. The van der Waals surface area contributed by atoms with Crippen LogP contribution in [0, 0.1) is 0 Å². The molecule has 2 aromatic heterocycles. The lowest BCUT2D eigenvalue weighted by atomic mass is 10.4. The van der Waals surface area contributed by atoms with Gasteiger partial charge in [-0.1, -0.05) is 5.16 Å². The number of rotatable bonds is 3. The number of hydrogen-bond acceptors (Lipinski definition) is 4. The molecule has 2 heterocycles. The van der Waals surface area contributed by atoms with Gasteiger partial charge in [0.2, 0.25) is 11.7 Å². The van der Waals surface area contributed by atoms with Crippen LogP contribution in [0.5, 0.6) is 0 Å². The predicted molar refractivity (Wildman–Crippen MR) is 60.0 cm³/mol. The summed E-state index contributed by atoms with van der Waals surface area (Å²) >= 11 is 0. The normalized spacial score (nSPS) is 10.2. The summed E-state index contributed by atoms with van der Waals surface area (Å²) in [5.41, 5.74) is 0.861. The Kier molecular flexibility index (Phi) is 3.08. The Morgan fingerprint density at radius 1 is 1.59 bits per heavy atom. The number of nitrogens with one attached hydrogen (secondary N) is 2. The highest BCUT2D eigenvalue weighted by Gasteiger charge is 2.11. The van der Waals surface area contributed by atoms with Gasteiger partial charge in [0.1, 0.15) is 0 Å². The minimum atomic E-state index is -0.288. The quantitative estimate of drug-likeness (QED) is 0.811.